The van der Waals surface area contributed by atoms with Crippen LogP contribution in [0.3, 0.4) is 0 Å². The largest absolute Gasteiger partial charge is 0.368 e. The second-order valence-corrected chi connectivity index (χ2v) is 2.40. The number of anilines is 1. The predicted octanol–water partition coefficient (Wildman–Crippen LogP) is 1.45. The number of benzene rings is 1. The van der Waals surface area contributed by atoms with Crippen molar-refractivity contribution >= 4 is 5.69 Å². The zero-order valence-corrected chi connectivity index (χ0v) is 5.47. The van der Waals surface area contributed by atoms with E-state index in [-0.39, 0.29) is 5.82 Å². The van der Waals surface area contributed by atoms with Gasteiger partial charge in [-0.05, 0) is 24.3 Å². The number of rotatable bonds is 1. The quantitative estimate of drug-likeness (QED) is 0.528. The first kappa shape index (κ1) is 5.71. The van der Waals surface area contributed by atoms with Crippen LogP contribution >= 0.6 is 0 Å². The Morgan fingerprint density at radius 1 is 1.40 bits per heavy atom. The van der Waals surface area contributed by atoms with E-state index in [1.807, 2.05) is 0 Å². The molecule has 51 valence electrons. The van der Waals surface area contributed by atoms with Gasteiger partial charge in [-0.25, -0.2) is 4.39 Å². The smallest absolute Gasteiger partial charge is 0.125 e. The van der Waals surface area contributed by atoms with Crippen molar-refractivity contribution < 1.29 is 4.39 Å². The number of hydrogen-bond donors (Lipinski definition) is 0. The first-order valence-corrected chi connectivity index (χ1v) is 3.28. The summed E-state index contributed by atoms with van der Waals surface area (Å²) in [6.07, 6.45) is 0. The second kappa shape index (κ2) is 1.97. The van der Waals surface area contributed by atoms with Crippen LogP contribution in [0.2, 0.25) is 0 Å². The molecule has 10 heavy (non-hydrogen) atoms. The molecule has 1 aromatic rings. The average Bonchev–Trinajstić information content (AvgIpc) is 2.68. The molecule has 0 aromatic heterocycles. The van der Waals surface area contributed by atoms with Gasteiger partial charge in [-0.1, -0.05) is 0 Å². The van der Waals surface area contributed by atoms with Gasteiger partial charge in [-0.2, -0.15) is 0 Å². The highest BCUT2D eigenvalue weighted by molar-refractivity contribution is 5.50. The minimum atomic E-state index is -0.204. The van der Waals surface area contributed by atoms with Gasteiger partial charge in [0.15, 0.2) is 0 Å². The summed E-state index contributed by atoms with van der Waals surface area (Å²) in [5.41, 5.74) is 0.944. The van der Waals surface area contributed by atoms with Crippen molar-refractivity contribution in [3.05, 3.63) is 30.1 Å². The summed E-state index contributed by atoms with van der Waals surface area (Å²) < 4.78 is 12.5. The number of nitrogens with zero attached hydrogens (tertiary/aromatic N) is 1. The first-order valence-electron chi connectivity index (χ1n) is 3.28. The summed E-state index contributed by atoms with van der Waals surface area (Å²) in [5.74, 6) is -0.204. The summed E-state index contributed by atoms with van der Waals surface area (Å²) in [6.45, 7) is 2.11. The zero-order chi connectivity index (χ0) is 6.97. The molecule has 0 bridgehead atoms. The lowest BCUT2D eigenvalue weighted by molar-refractivity contribution is 0.628. The molecule has 1 aliphatic heterocycles. The Morgan fingerprint density at radius 2 is 2.20 bits per heavy atom. The van der Waals surface area contributed by atoms with Crippen LogP contribution < -0.4 is 4.90 Å². The van der Waals surface area contributed by atoms with Crippen molar-refractivity contribution in [3.63, 3.8) is 0 Å². The third-order valence-corrected chi connectivity index (χ3v) is 1.55. The molecule has 0 amide bonds. The summed E-state index contributed by atoms with van der Waals surface area (Å²) >= 11 is 0. The molecule has 1 fully saturated rings. The van der Waals surface area contributed by atoms with Gasteiger partial charge in [0.1, 0.15) is 5.82 Å². The fourth-order valence-electron chi connectivity index (χ4n) is 0.922. The van der Waals surface area contributed by atoms with Gasteiger partial charge < -0.3 is 4.90 Å². The van der Waals surface area contributed by atoms with Crippen LogP contribution in [0.5, 0.6) is 0 Å². The molecule has 1 heterocycles. The highest BCUT2D eigenvalue weighted by Gasteiger charge is 2.17. The Morgan fingerprint density at radius 3 is 2.80 bits per heavy atom. The van der Waals surface area contributed by atoms with E-state index in [4.69, 9.17) is 0 Å². The van der Waals surface area contributed by atoms with Crippen LogP contribution in [-0.2, 0) is 0 Å². The maximum absolute atomic E-state index is 12.5. The summed E-state index contributed by atoms with van der Waals surface area (Å²) in [5, 5.41) is 0. The van der Waals surface area contributed by atoms with Crippen LogP contribution in [0.25, 0.3) is 0 Å². The van der Waals surface area contributed by atoms with Crippen molar-refractivity contribution in [2.45, 2.75) is 0 Å². The van der Waals surface area contributed by atoms with E-state index in [0.29, 0.717) is 0 Å². The van der Waals surface area contributed by atoms with Gasteiger partial charge in [0, 0.05) is 18.8 Å². The lowest BCUT2D eigenvalue weighted by atomic mass is 10.3. The molecular formula is C8H7FN. The molecule has 0 spiro atoms. The molecule has 1 aliphatic rings. The van der Waals surface area contributed by atoms with Crippen molar-refractivity contribution in [2.24, 2.45) is 0 Å². The highest BCUT2D eigenvalue weighted by Crippen LogP contribution is 2.20. The minimum Gasteiger partial charge on any atom is -0.368 e. The summed E-state index contributed by atoms with van der Waals surface area (Å²) in [6, 6.07) is 7.41. The average molecular weight is 136 g/mol. The molecule has 0 N–H and O–H groups in total. The Kier molecular flexibility index (Phi) is 1.13. The van der Waals surface area contributed by atoms with E-state index >= 15 is 0 Å². The number of halogens is 1. The van der Waals surface area contributed by atoms with E-state index in [1.165, 1.54) is 12.1 Å². The molecular weight excluding hydrogens is 129 g/mol. The third-order valence-electron chi connectivity index (χ3n) is 1.55. The molecule has 2 rings (SSSR count). The second-order valence-electron chi connectivity index (χ2n) is 2.40. The molecule has 0 saturated carbocycles. The molecule has 1 saturated heterocycles. The number of hydrogen-bond acceptors (Lipinski definition) is 1. The Balaban J connectivity index is 2.32. The van der Waals surface area contributed by atoms with Crippen LogP contribution in [-0.4, -0.2) is 13.1 Å². The third kappa shape index (κ3) is 0.967. The van der Waals surface area contributed by atoms with Gasteiger partial charge in [0.25, 0.3) is 0 Å². The van der Waals surface area contributed by atoms with E-state index < -0.39 is 0 Å². The Hall–Kier alpha value is -1.05. The molecule has 0 unspecified atom stereocenters. The molecule has 1 aromatic carbocycles. The lowest BCUT2D eigenvalue weighted by Crippen LogP contribution is -1.90. The molecule has 0 aliphatic carbocycles. The van der Waals surface area contributed by atoms with Crippen LogP contribution in [0, 0.1) is 11.9 Å². The van der Waals surface area contributed by atoms with Crippen LogP contribution in [0.1, 0.15) is 0 Å². The fourth-order valence-corrected chi connectivity index (χ4v) is 0.922. The van der Waals surface area contributed by atoms with Crippen LogP contribution in [0.15, 0.2) is 18.2 Å². The van der Waals surface area contributed by atoms with E-state index in [9.17, 15) is 4.39 Å². The molecule has 0 atom stereocenters. The highest BCUT2D eigenvalue weighted by atomic mass is 19.1. The topological polar surface area (TPSA) is 3.01 Å². The summed E-state index contributed by atoms with van der Waals surface area (Å²) in [4.78, 5) is 2.08. The van der Waals surface area contributed by atoms with Gasteiger partial charge in [0.05, 0.1) is 0 Å². The maximum atomic E-state index is 12.5. The Bertz CT molecular complexity index is 243. The zero-order valence-electron chi connectivity index (χ0n) is 5.47. The Labute approximate surface area is 59.1 Å². The predicted molar refractivity (Wildman–Crippen MR) is 37.4 cm³/mol. The normalized spacial score (nSPS) is 15.5. The van der Waals surface area contributed by atoms with Gasteiger partial charge in [-0.3, -0.25) is 0 Å². The minimum absolute atomic E-state index is 0.204. The molecule has 1 nitrogen and oxygen atoms in total. The first-order chi connectivity index (χ1) is 4.86. The SMILES string of the molecule is Fc1c[c]cc(N2CC2)c1. The van der Waals surface area contributed by atoms with Crippen LogP contribution in [0.4, 0.5) is 10.1 Å². The van der Waals surface area contributed by atoms with Gasteiger partial charge in [0.2, 0.25) is 0 Å². The van der Waals surface area contributed by atoms with Crippen molar-refractivity contribution in [3.8, 4) is 0 Å². The maximum Gasteiger partial charge on any atom is 0.125 e. The molecule has 1 radical (unpaired) electrons. The van der Waals surface area contributed by atoms with Crippen molar-refractivity contribution in [1.82, 2.24) is 0 Å². The summed E-state index contributed by atoms with van der Waals surface area (Å²) in [7, 11) is 0. The van der Waals surface area contributed by atoms with E-state index in [1.54, 1.807) is 6.07 Å². The fraction of sp³-hybridized carbons (Fsp3) is 0.250. The van der Waals surface area contributed by atoms with Crippen molar-refractivity contribution in [1.29, 1.82) is 0 Å². The standard InChI is InChI=1S/C8H7FN/c9-7-2-1-3-8(6-7)10-4-5-10/h2-3,6H,4-5H2. The monoisotopic (exact) mass is 136 g/mol. The molecule has 2 heteroatoms. The van der Waals surface area contributed by atoms with Gasteiger partial charge in [-0.15, -0.1) is 0 Å². The van der Waals surface area contributed by atoms with E-state index in [0.717, 1.165) is 18.8 Å². The van der Waals surface area contributed by atoms with Crippen molar-refractivity contribution in [2.75, 3.05) is 18.0 Å². The van der Waals surface area contributed by atoms with E-state index in [2.05, 4.69) is 11.0 Å². The lowest BCUT2D eigenvalue weighted by Gasteiger charge is -1.99. The van der Waals surface area contributed by atoms with Gasteiger partial charge >= 0.3 is 0 Å².